The largest absolute Gasteiger partial charge is 0.481 e. The molecule has 0 aliphatic heterocycles. The van der Waals surface area contributed by atoms with Crippen molar-refractivity contribution < 1.29 is 27.9 Å². The summed E-state index contributed by atoms with van der Waals surface area (Å²) in [5.74, 6) is -1.80. The molecule has 1 heterocycles. The Morgan fingerprint density at radius 1 is 1.15 bits per heavy atom. The number of carboxylic acids is 1. The highest BCUT2D eigenvalue weighted by Gasteiger charge is 2.34. The first-order valence-electron chi connectivity index (χ1n) is 8.47. The number of carbonyl (C=O) groups excluding carboxylic acids is 1. The summed E-state index contributed by atoms with van der Waals surface area (Å²) < 4.78 is 38.9. The van der Waals surface area contributed by atoms with Crippen LogP contribution in [0.5, 0.6) is 0 Å². The van der Waals surface area contributed by atoms with Gasteiger partial charge in [-0.3, -0.25) is 9.59 Å². The molecule has 0 bridgehead atoms. The van der Waals surface area contributed by atoms with E-state index in [2.05, 4.69) is 10.4 Å². The topological polar surface area (TPSA) is 84.2 Å². The molecule has 1 aromatic carbocycles. The number of nitrogens with one attached hydrogen (secondary N) is 1. The molecule has 2 atom stereocenters. The Kier molecular flexibility index (Phi) is 5.20. The first-order chi connectivity index (χ1) is 12.7. The van der Waals surface area contributed by atoms with Crippen LogP contribution < -0.4 is 5.32 Å². The third kappa shape index (κ3) is 4.47. The van der Waals surface area contributed by atoms with Crippen molar-refractivity contribution in [2.45, 2.75) is 32.0 Å². The smallest absolute Gasteiger partial charge is 0.435 e. The maximum absolute atomic E-state index is 12.6. The van der Waals surface area contributed by atoms with Gasteiger partial charge < -0.3 is 10.4 Å². The molecule has 1 aliphatic carbocycles. The Bertz CT molecular complexity index is 830. The van der Waals surface area contributed by atoms with E-state index in [4.69, 9.17) is 5.11 Å². The minimum Gasteiger partial charge on any atom is -0.481 e. The van der Waals surface area contributed by atoms with Gasteiger partial charge in [0.05, 0.1) is 11.6 Å². The minimum absolute atomic E-state index is 0.176. The molecule has 0 unspecified atom stereocenters. The van der Waals surface area contributed by atoms with E-state index in [0.717, 1.165) is 16.3 Å². The van der Waals surface area contributed by atoms with Gasteiger partial charge in [0.15, 0.2) is 5.69 Å². The molecule has 1 amide bonds. The van der Waals surface area contributed by atoms with Gasteiger partial charge in [0.25, 0.3) is 0 Å². The van der Waals surface area contributed by atoms with Gasteiger partial charge in [-0.2, -0.15) is 18.3 Å². The Morgan fingerprint density at radius 3 is 2.37 bits per heavy atom. The van der Waals surface area contributed by atoms with Crippen molar-refractivity contribution in [3.05, 3.63) is 47.8 Å². The lowest BCUT2D eigenvalue weighted by Gasteiger charge is -2.11. The van der Waals surface area contributed by atoms with E-state index in [1.165, 1.54) is 6.20 Å². The first kappa shape index (κ1) is 18.9. The molecule has 0 radical (unpaired) electrons. The van der Waals surface area contributed by atoms with Crippen LogP contribution in [0.3, 0.4) is 0 Å². The lowest BCUT2D eigenvalue weighted by atomic mass is 10.0. The fourth-order valence-corrected chi connectivity index (χ4v) is 3.16. The number of carboxylic acid groups (broad SMARTS) is 1. The maximum atomic E-state index is 12.6. The highest BCUT2D eigenvalue weighted by molar-refractivity contribution is 5.80. The number of aromatic nitrogens is 2. The predicted molar refractivity (Wildman–Crippen MR) is 88.9 cm³/mol. The lowest BCUT2D eigenvalue weighted by Crippen LogP contribution is -2.29. The van der Waals surface area contributed by atoms with E-state index in [-0.39, 0.29) is 18.4 Å². The van der Waals surface area contributed by atoms with Crippen molar-refractivity contribution in [2.24, 2.45) is 11.8 Å². The third-order valence-corrected chi connectivity index (χ3v) is 4.70. The van der Waals surface area contributed by atoms with E-state index in [9.17, 15) is 22.8 Å². The second-order valence-corrected chi connectivity index (χ2v) is 6.57. The molecule has 6 nitrogen and oxygen atoms in total. The molecule has 3 rings (SSSR count). The molecule has 27 heavy (non-hydrogen) atoms. The first-order valence-corrected chi connectivity index (χ1v) is 8.47. The van der Waals surface area contributed by atoms with Crippen LogP contribution in [-0.2, 0) is 22.3 Å². The molecular weight excluding hydrogens is 363 g/mol. The van der Waals surface area contributed by atoms with Crippen molar-refractivity contribution in [2.75, 3.05) is 0 Å². The van der Waals surface area contributed by atoms with Crippen LogP contribution in [0.2, 0.25) is 0 Å². The van der Waals surface area contributed by atoms with Crippen LogP contribution in [0.15, 0.2) is 36.5 Å². The van der Waals surface area contributed by atoms with Crippen molar-refractivity contribution in [1.82, 2.24) is 15.1 Å². The SMILES string of the molecule is O=C(O)[C@@H]1CC[C@H](C(=O)NCc2ccc(-n3ccc(C(F)(F)F)n3)cc2)C1. The number of hydrogen-bond donors (Lipinski definition) is 2. The molecule has 2 N–H and O–H groups in total. The van der Waals surface area contributed by atoms with E-state index >= 15 is 0 Å². The summed E-state index contributed by atoms with van der Waals surface area (Å²) in [5.41, 5.74) is 0.291. The average Bonchev–Trinajstić information content (AvgIpc) is 3.29. The summed E-state index contributed by atoms with van der Waals surface area (Å²) in [4.78, 5) is 23.1. The molecule has 1 aromatic heterocycles. The Balaban J connectivity index is 1.56. The van der Waals surface area contributed by atoms with Crippen LogP contribution in [0, 0.1) is 11.8 Å². The van der Waals surface area contributed by atoms with E-state index in [1.54, 1.807) is 24.3 Å². The molecule has 0 saturated heterocycles. The van der Waals surface area contributed by atoms with E-state index in [0.29, 0.717) is 24.9 Å². The third-order valence-electron chi connectivity index (χ3n) is 4.70. The van der Waals surface area contributed by atoms with Crippen molar-refractivity contribution in [3.63, 3.8) is 0 Å². The zero-order valence-electron chi connectivity index (χ0n) is 14.2. The average molecular weight is 381 g/mol. The second kappa shape index (κ2) is 7.42. The fraction of sp³-hybridized carbons (Fsp3) is 0.389. The van der Waals surface area contributed by atoms with E-state index < -0.39 is 23.8 Å². The number of nitrogens with zero attached hydrogens (tertiary/aromatic N) is 2. The van der Waals surface area contributed by atoms with Crippen LogP contribution in [0.1, 0.15) is 30.5 Å². The maximum Gasteiger partial charge on any atom is 0.435 e. The molecule has 2 aromatic rings. The van der Waals surface area contributed by atoms with Gasteiger partial charge in [-0.25, -0.2) is 4.68 Å². The van der Waals surface area contributed by atoms with Gasteiger partial charge in [-0.05, 0) is 43.0 Å². The van der Waals surface area contributed by atoms with Crippen LogP contribution >= 0.6 is 0 Å². The predicted octanol–water partition coefficient (Wildman–Crippen LogP) is 3.01. The number of amides is 1. The van der Waals surface area contributed by atoms with E-state index in [1.807, 2.05) is 0 Å². The molecule has 9 heteroatoms. The zero-order valence-corrected chi connectivity index (χ0v) is 14.2. The molecule has 1 fully saturated rings. The molecule has 1 aliphatic rings. The molecule has 144 valence electrons. The van der Waals surface area contributed by atoms with Gasteiger partial charge in [0, 0.05) is 18.7 Å². The molecular formula is C18H18F3N3O3. The van der Waals surface area contributed by atoms with Crippen LogP contribution in [0.25, 0.3) is 5.69 Å². The monoisotopic (exact) mass is 381 g/mol. The zero-order chi connectivity index (χ0) is 19.6. The fourth-order valence-electron chi connectivity index (χ4n) is 3.16. The summed E-state index contributed by atoms with van der Waals surface area (Å²) in [6, 6.07) is 7.52. The number of aliphatic carboxylic acids is 1. The quantitative estimate of drug-likeness (QED) is 0.834. The number of hydrogen-bond acceptors (Lipinski definition) is 3. The van der Waals surface area contributed by atoms with Crippen LogP contribution in [0.4, 0.5) is 13.2 Å². The Hall–Kier alpha value is -2.84. The van der Waals surface area contributed by atoms with Crippen LogP contribution in [-0.4, -0.2) is 26.8 Å². The lowest BCUT2D eigenvalue weighted by molar-refractivity contribution is -0.142. The summed E-state index contributed by atoms with van der Waals surface area (Å²) in [6.45, 7) is 0.264. The Labute approximate surface area is 153 Å². The highest BCUT2D eigenvalue weighted by atomic mass is 19.4. The number of carbonyl (C=O) groups is 2. The van der Waals surface area contributed by atoms with Crippen molar-refractivity contribution in [3.8, 4) is 5.69 Å². The summed E-state index contributed by atoms with van der Waals surface area (Å²) in [6.07, 6.45) is -1.84. The number of alkyl halides is 3. The molecule has 0 spiro atoms. The van der Waals surface area contributed by atoms with Crippen molar-refractivity contribution in [1.29, 1.82) is 0 Å². The normalized spacial score (nSPS) is 19.8. The summed E-state index contributed by atoms with van der Waals surface area (Å²) in [5, 5.41) is 15.3. The standard InChI is InChI=1S/C18H18F3N3O3/c19-18(20,21)15-7-8-24(23-15)14-5-1-11(2-6-14)10-22-16(25)12-3-4-13(9-12)17(26)27/h1-2,5-8,12-13H,3-4,9-10H2,(H,22,25)(H,26,27)/t12-,13+/m0/s1. The van der Waals surface area contributed by atoms with Gasteiger partial charge in [0.2, 0.25) is 5.91 Å². The molecule has 1 saturated carbocycles. The van der Waals surface area contributed by atoms with Gasteiger partial charge in [-0.15, -0.1) is 0 Å². The van der Waals surface area contributed by atoms with Gasteiger partial charge in [0.1, 0.15) is 0 Å². The van der Waals surface area contributed by atoms with Gasteiger partial charge in [-0.1, -0.05) is 12.1 Å². The van der Waals surface area contributed by atoms with Gasteiger partial charge >= 0.3 is 12.1 Å². The summed E-state index contributed by atoms with van der Waals surface area (Å²) in [7, 11) is 0. The van der Waals surface area contributed by atoms with Crippen molar-refractivity contribution >= 4 is 11.9 Å². The summed E-state index contributed by atoms with van der Waals surface area (Å²) >= 11 is 0. The number of rotatable bonds is 5. The number of benzene rings is 1. The highest BCUT2D eigenvalue weighted by Crippen LogP contribution is 2.31. The minimum atomic E-state index is -4.49. The second-order valence-electron chi connectivity index (χ2n) is 6.57. The Morgan fingerprint density at radius 2 is 1.81 bits per heavy atom. The number of halogens is 3.